The second kappa shape index (κ2) is 7.80. The van der Waals surface area contributed by atoms with Gasteiger partial charge in [0, 0.05) is 0 Å². The van der Waals surface area contributed by atoms with Gasteiger partial charge in [0.1, 0.15) is 6.61 Å². The zero-order chi connectivity index (χ0) is 15.8. The highest BCUT2D eigenvalue weighted by Gasteiger charge is 2.20. The van der Waals surface area contributed by atoms with Crippen LogP contribution < -0.4 is 0 Å². The lowest BCUT2D eigenvalue weighted by Gasteiger charge is -2.20. The molecule has 0 aliphatic rings. The molecule has 0 fully saturated rings. The minimum Gasteiger partial charge on any atom is -0.449 e. The summed E-state index contributed by atoms with van der Waals surface area (Å²) in [5, 5.41) is 9.44. The van der Waals surface area contributed by atoms with E-state index in [9.17, 15) is 9.59 Å². The molecule has 6 nitrogen and oxygen atoms in total. The van der Waals surface area contributed by atoms with E-state index in [1.807, 2.05) is 48.5 Å². The Labute approximate surface area is 127 Å². The highest BCUT2D eigenvalue weighted by atomic mass is 16.8. The van der Waals surface area contributed by atoms with Gasteiger partial charge in [-0.2, -0.15) is 5.06 Å². The van der Waals surface area contributed by atoms with E-state index in [1.54, 1.807) is 12.1 Å². The Morgan fingerprint density at radius 1 is 0.909 bits per heavy atom. The molecule has 114 valence electrons. The smallest absolute Gasteiger partial charge is 0.449 e. The first kappa shape index (κ1) is 15.5. The van der Waals surface area contributed by atoms with Crippen LogP contribution in [-0.4, -0.2) is 22.4 Å². The van der Waals surface area contributed by atoms with Crippen molar-refractivity contribution in [1.29, 1.82) is 0 Å². The van der Waals surface area contributed by atoms with Crippen molar-refractivity contribution in [2.24, 2.45) is 0 Å². The number of hydrogen-bond acceptors (Lipinski definition) is 4. The van der Waals surface area contributed by atoms with Gasteiger partial charge in [-0.15, -0.1) is 0 Å². The molecule has 0 bridgehead atoms. The molecule has 0 unspecified atom stereocenters. The Morgan fingerprint density at radius 3 is 2.00 bits per heavy atom. The predicted octanol–water partition coefficient (Wildman–Crippen LogP) is 3.44. The molecule has 2 aromatic carbocycles. The maximum absolute atomic E-state index is 11.8. The van der Waals surface area contributed by atoms with E-state index < -0.39 is 12.2 Å². The Kier molecular flexibility index (Phi) is 5.50. The minimum atomic E-state index is -1.67. The van der Waals surface area contributed by atoms with Crippen molar-refractivity contribution in [3.63, 3.8) is 0 Å². The van der Waals surface area contributed by atoms with E-state index in [4.69, 9.17) is 9.94 Å². The molecule has 0 saturated heterocycles. The van der Waals surface area contributed by atoms with Crippen LogP contribution in [0.25, 0.3) is 0 Å². The fourth-order valence-corrected chi connectivity index (χ4v) is 1.76. The summed E-state index contributed by atoms with van der Waals surface area (Å²) in [5.41, 5.74) is 1.64. The molecule has 1 amide bonds. The number of ether oxygens (including phenoxy) is 1. The molecule has 6 heteroatoms. The van der Waals surface area contributed by atoms with E-state index in [0.29, 0.717) is 0 Å². The summed E-state index contributed by atoms with van der Waals surface area (Å²) in [7, 11) is 0. The monoisotopic (exact) mass is 301 g/mol. The fraction of sp³-hybridized carbons (Fsp3) is 0.125. The molecule has 0 saturated carbocycles. The summed E-state index contributed by atoms with van der Waals surface area (Å²) in [6.07, 6.45) is -2.75. The van der Waals surface area contributed by atoms with Gasteiger partial charge >= 0.3 is 12.2 Å². The molecule has 0 spiro atoms. The number of benzene rings is 2. The maximum atomic E-state index is 11.8. The van der Waals surface area contributed by atoms with Gasteiger partial charge in [-0.3, -0.25) is 4.84 Å². The van der Waals surface area contributed by atoms with Crippen molar-refractivity contribution in [3.8, 4) is 0 Å². The summed E-state index contributed by atoms with van der Waals surface area (Å²) in [6, 6.07) is 18.3. The third kappa shape index (κ3) is 4.92. The van der Waals surface area contributed by atoms with Gasteiger partial charge in [0.05, 0.1) is 6.54 Å². The standard InChI is InChI=1S/C16H15NO5/c18-15(22-16(19)20)17(11-13-7-3-1-4-8-13)21-12-14-9-5-2-6-10-14/h1-10H,11-12H2,(H,19,20). The lowest BCUT2D eigenvalue weighted by molar-refractivity contribution is -0.149. The molecule has 0 heterocycles. The summed E-state index contributed by atoms with van der Waals surface area (Å²) < 4.78 is 4.15. The minimum absolute atomic E-state index is 0.0831. The maximum Gasteiger partial charge on any atom is 0.514 e. The zero-order valence-corrected chi connectivity index (χ0v) is 11.7. The molecular weight excluding hydrogens is 286 g/mol. The summed E-state index contributed by atoms with van der Waals surface area (Å²) in [4.78, 5) is 27.7. The van der Waals surface area contributed by atoms with E-state index in [0.717, 1.165) is 16.2 Å². The molecule has 0 aliphatic heterocycles. The molecule has 1 N–H and O–H groups in total. The van der Waals surface area contributed by atoms with Gasteiger partial charge in [0.2, 0.25) is 0 Å². The van der Waals surface area contributed by atoms with Crippen LogP contribution in [0.1, 0.15) is 11.1 Å². The molecular formula is C16H15NO5. The first-order chi connectivity index (χ1) is 10.6. The van der Waals surface area contributed by atoms with Crippen molar-refractivity contribution in [2.75, 3.05) is 0 Å². The average molecular weight is 301 g/mol. The number of amides is 1. The lowest BCUT2D eigenvalue weighted by atomic mass is 10.2. The number of hydrogen-bond donors (Lipinski definition) is 1. The van der Waals surface area contributed by atoms with Crippen molar-refractivity contribution in [3.05, 3.63) is 71.8 Å². The zero-order valence-electron chi connectivity index (χ0n) is 11.7. The highest BCUT2D eigenvalue weighted by Crippen LogP contribution is 2.10. The van der Waals surface area contributed by atoms with Crippen LogP contribution in [0, 0.1) is 0 Å². The quantitative estimate of drug-likeness (QED) is 0.520. The third-order valence-corrected chi connectivity index (χ3v) is 2.78. The van der Waals surface area contributed by atoms with E-state index in [1.165, 1.54) is 0 Å². The first-order valence-corrected chi connectivity index (χ1v) is 6.58. The second-order valence-corrected chi connectivity index (χ2v) is 4.42. The Hall–Kier alpha value is -2.86. The number of carbonyl (C=O) groups excluding carboxylic acids is 1. The van der Waals surface area contributed by atoms with Crippen LogP contribution in [-0.2, 0) is 22.7 Å². The lowest BCUT2D eigenvalue weighted by Crippen LogP contribution is -2.32. The van der Waals surface area contributed by atoms with Crippen molar-refractivity contribution < 1.29 is 24.3 Å². The fourth-order valence-electron chi connectivity index (χ4n) is 1.76. The van der Waals surface area contributed by atoms with Crippen LogP contribution in [0.2, 0.25) is 0 Å². The van der Waals surface area contributed by atoms with Crippen LogP contribution in [0.5, 0.6) is 0 Å². The van der Waals surface area contributed by atoms with Gasteiger partial charge in [-0.05, 0) is 11.1 Å². The van der Waals surface area contributed by atoms with Crippen molar-refractivity contribution in [2.45, 2.75) is 13.2 Å². The third-order valence-electron chi connectivity index (χ3n) is 2.78. The summed E-state index contributed by atoms with van der Waals surface area (Å²) >= 11 is 0. The number of carboxylic acid groups (broad SMARTS) is 1. The molecule has 0 radical (unpaired) electrons. The molecule has 0 aromatic heterocycles. The largest absolute Gasteiger partial charge is 0.514 e. The Bertz CT molecular complexity index is 615. The van der Waals surface area contributed by atoms with E-state index >= 15 is 0 Å². The van der Waals surface area contributed by atoms with Gasteiger partial charge in [-0.25, -0.2) is 9.59 Å². The molecule has 0 aliphatic carbocycles. The Balaban J connectivity index is 2.04. The van der Waals surface area contributed by atoms with Gasteiger partial charge in [0.15, 0.2) is 0 Å². The summed E-state index contributed by atoms with van der Waals surface area (Å²) in [5.74, 6) is 0. The molecule has 2 aromatic rings. The van der Waals surface area contributed by atoms with Crippen molar-refractivity contribution in [1.82, 2.24) is 5.06 Å². The second-order valence-electron chi connectivity index (χ2n) is 4.42. The number of nitrogens with zero attached hydrogens (tertiary/aromatic N) is 1. The molecule has 2 rings (SSSR count). The first-order valence-electron chi connectivity index (χ1n) is 6.58. The number of hydroxylamine groups is 2. The van der Waals surface area contributed by atoms with Gasteiger partial charge in [-0.1, -0.05) is 60.7 Å². The predicted molar refractivity (Wildman–Crippen MR) is 77.7 cm³/mol. The van der Waals surface area contributed by atoms with Gasteiger partial charge < -0.3 is 9.84 Å². The van der Waals surface area contributed by atoms with Crippen LogP contribution in [0.3, 0.4) is 0 Å². The summed E-state index contributed by atoms with van der Waals surface area (Å²) in [6.45, 7) is 0.210. The molecule has 0 atom stereocenters. The van der Waals surface area contributed by atoms with Crippen LogP contribution in [0.4, 0.5) is 9.59 Å². The van der Waals surface area contributed by atoms with E-state index in [-0.39, 0.29) is 13.2 Å². The van der Waals surface area contributed by atoms with E-state index in [2.05, 4.69) is 4.74 Å². The van der Waals surface area contributed by atoms with Crippen LogP contribution in [0.15, 0.2) is 60.7 Å². The normalized spacial score (nSPS) is 10.0. The van der Waals surface area contributed by atoms with Crippen molar-refractivity contribution >= 4 is 12.2 Å². The average Bonchev–Trinajstić information content (AvgIpc) is 2.52. The molecule has 22 heavy (non-hydrogen) atoms. The van der Waals surface area contributed by atoms with Crippen LogP contribution >= 0.6 is 0 Å². The Morgan fingerprint density at radius 2 is 1.45 bits per heavy atom. The van der Waals surface area contributed by atoms with Gasteiger partial charge in [0.25, 0.3) is 0 Å². The SMILES string of the molecule is O=C(O)OC(=O)N(Cc1ccccc1)OCc1ccccc1. The number of carbonyl (C=O) groups is 2. The highest BCUT2D eigenvalue weighted by molar-refractivity contribution is 5.78. The topological polar surface area (TPSA) is 76.1 Å². The number of rotatable bonds is 5.